The van der Waals surface area contributed by atoms with Crippen LogP contribution in [0.15, 0.2) is 0 Å². The molecular weight excluding hydrogens is 138 g/mol. The second-order valence-corrected chi connectivity index (χ2v) is 3.37. The van der Waals surface area contributed by atoms with Gasteiger partial charge in [0.1, 0.15) is 5.78 Å². The Morgan fingerprint density at radius 3 is 2.36 bits per heavy atom. The second kappa shape index (κ2) is 5.30. The molecule has 0 aliphatic carbocycles. The van der Waals surface area contributed by atoms with Crippen molar-refractivity contribution in [3.8, 4) is 0 Å². The number of nitrogens with two attached hydrogens (primary N) is 1. The molecule has 0 rings (SSSR count). The first-order chi connectivity index (χ1) is 5.07. The molecule has 2 nitrogen and oxygen atoms in total. The highest BCUT2D eigenvalue weighted by Crippen LogP contribution is 2.04. The molecule has 0 aromatic heterocycles. The average molecular weight is 157 g/mol. The standard InChI is InChI=1S/C9H19NO/c1-4-5-8(10)6-9(11)7(2)3/h7-8H,4-6,10H2,1-3H3. The molecule has 0 saturated heterocycles. The highest BCUT2D eigenvalue weighted by Gasteiger charge is 2.11. The van der Waals surface area contributed by atoms with Crippen LogP contribution in [-0.2, 0) is 4.79 Å². The lowest BCUT2D eigenvalue weighted by Crippen LogP contribution is -2.25. The van der Waals surface area contributed by atoms with Crippen LogP contribution >= 0.6 is 0 Å². The highest BCUT2D eigenvalue weighted by atomic mass is 16.1. The number of ketones is 1. The van der Waals surface area contributed by atoms with E-state index < -0.39 is 0 Å². The van der Waals surface area contributed by atoms with Gasteiger partial charge in [-0.15, -0.1) is 0 Å². The Morgan fingerprint density at radius 2 is 2.00 bits per heavy atom. The predicted molar refractivity (Wildman–Crippen MR) is 47.3 cm³/mol. The molecule has 0 aromatic rings. The van der Waals surface area contributed by atoms with Gasteiger partial charge < -0.3 is 5.73 Å². The molecule has 2 N–H and O–H groups in total. The molecule has 0 heterocycles. The third kappa shape index (κ3) is 4.96. The van der Waals surface area contributed by atoms with Crippen LogP contribution in [0.4, 0.5) is 0 Å². The van der Waals surface area contributed by atoms with Gasteiger partial charge in [0.2, 0.25) is 0 Å². The molecule has 0 fully saturated rings. The Balaban J connectivity index is 3.57. The highest BCUT2D eigenvalue weighted by molar-refractivity contribution is 5.80. The van der Waals surface area contributed by atoms with Gasteiger partial charge in [0.25, 0.3) is 0 Å². The number of rotatable bonds is 5. The molecule has 66 valence electrons. The van der Waals surface area contributed by atoms with Crippen LogP contribution in [0.2, 0.25) is 0 Å². The molecule has 2 heteroatoms. The van der Waals surface area contributed by atoms with Gasteiger partial charge in [-0.2, -0.15) is 0 Å². The monoisotopic (exact) mass is 157 g/mol. The van der Waals surface area contributed by atoms with Crippen LogP contribution < -0.4 is 5.73 Å². The van der Waals surface area contributed by atoms with E-state index in [0.29, 0.717) is 6.42 Å². The SMILES string of the molecule is CCCC(N)CC(=O)C(C)C. The fraction of sp³-hybridized carbons (Fsp3) is 0.889. The Morgan fingerprint density at radius 1 is 1.45 bits per heavy atom. The maximum Gasteiger partial charge on any atom is 0.136 e. The minimum absolute atomic E-state index is 0.0786. The Bertz CT molecular complexity index is 121. The summed E-state index contributed by atoms with van der Waals surface area (Å²) in [7, 11) is 0. The van der Waals surface area contributed by atoms with Crippen molar-refractivity contribution in [1.82, 2.24) is 0 Å². The van der Waals surface area contributed by atoms with Crippen LogP contribution in [-0.4, -0.2) is 11.8 Å². The van der Waals surface area contributed by atoms with Crippen molar-refractivity contribution in [2.24, 2.45) is 11.7 Å². The first-order valence-corrected chi connectivity index (χ1v) is 4.36. The number of hydrogen-bond acceptors (Lipinski definition) is 2. The summed E-state index contributed by atoms with van der Waals surface area (Å²) in [6.45, 7) is 5.92. The lowest BCUT2D eigenvalue weighted by Gasteiger charge is -2.10. The minimum Gasteiger partial charge on any atom is -0.327 e. The molecule has 0 amide bonds. The summed E-state index contributed by atoms with van der Waals surface area (Å²) >= 11 is 0. The molecule has 0 spiro atoms. The Labute approximate surface area is 69.2 Å². The maximum absolute atomic E-state index is 11.1. The molecule has 1 unspecified atom stereocenters. The molecule has 0 aromatic carbocycles. The van der Waals surface area contributed by atoms with Crippen LogP contribution in [0.1, 0.15) is 40.0 Å². The van der Waals surface area contributed by atoms with E-state index >= 15 is 0 Å². The van der Waals surface area contributed by atoms with Crippen molar-refractivity contribution in [2.45, 2.75) is 46.1 Å². The van der Waals surface area contributed by atoms with Crippen molar-refractivity contribution in [1.29, 1.82) is 0 Å². The molecule has 0 radical (unpaired) electrons. The van der Waals surface area contributed by atoms with E-state index in [9.17, 15) is 4.79 Å². The summed E-state index contributed by atoms with van der Waals surface area (Å²) in [5.74, 6) is 0.420. The zero-order valence-corrected chi connectivity index (χ0v) is 7.76. The topological polar surface area (TPSA) is 43.1 Å². The van der Waals surface area contributed by atoms with E-state index in [1.165, 1.54) is 0 Å². The Hall–Kier alpha value is -0.370. The van der Waals surface area contributed by atoms with Gasteiger partial charge in [0.05, 0.1) is 0 Å². The van der Waals surface area contributed by atoms with Gasteiger partial charge in [-0.3, -0.25) is 4.79 Å². The fourth-order valence-corrected chi connectivity index (χ4v) is 0.967. The van der Waals surface area contributed by atoms with Crippen molar-refractivity contribution in [3.05, 3.63) is 0 Å². The number of carbonyl (C=O) groups excluding carboxylic acids is 1. The van der Waals surface area contributed by atoms with E-state index in [1.807, 2.05) is 13.8 Å². The molecule has 1 atom stereocenters. The maximum atomic E-state index is 11.1. The van der Waals surface area contributed by atoms with Gasteiger partial charge in [0.15, 0.2) is 0 Å². The van der Waals surface area contributed by atoms with Crippen molar-refractivity contribution in [3.63, 3.8) is 0 Å². The first-order valence-electron chi connectivity index (χ1n) is 4.36. The summed E-state index contributed by atoms with van der Waals surface area (Å²) in [4.78, 5) is 11.1. The van der Waals surface area contributed by atoms with Crippen LogP contribution in [0, 0.1) is 5.92 Å². The second-order valence-electron chi connectivity index (χ2n) is 3.37. The van der Waals surface area contributed by atoms with Gasteiger partial charge in [0, 0.05) is 18.4 Å². The predicted octanol–water partition coefficient (Wildman–Crippen LogP) is 1.73. The quantitative estimate of drug-likeness (QED) is 0.660. The molecule has 0 aliphatic rings. The van der Waals surface area contributed by atoms with Crippen molar-refractivity contribution < 1.29 is 4.79 Å². The fourth-order valence-electron chi connectivity index (χ4n) is 0.967. The summed E-state index contributed by atoms with van der Waals surface area (Å²) in [5.41, 5.74) is 5.70. The Kier molecular flexibility index (Phi) is 5.12. The number of carbonyl (C=O) groups is 1. The zero-order valence-electron chi connectivity index (χ0n) is 7.76. The van der Waals surface area contributed by atoms with Gasteiger partial charge in [-0.05, 0) is 6.42 Å². The lowest BCUT2D eigenvalue weighted by molar-refractivity contribution is -0.122. The van der Waals surface area contributed by atoms with Gasteiger partial charge >= 0.3 is 0 Å². The van der Waals surface area contributed by atoms with Gasteiger partial charge in [-0.25, -0.2) is 0 Å². The normalized spacial score (nSPS) is 13.5. The molecule has 0 aliphatic heterocycles. The van der Waals surface area contributed by atoms with E-state index in [1.54, 1.807) is 0 Å². The number of hydrogen-bond donors (Lipinski definition) is 1. The first kappa shape index (κ1) is 10.6. The molecule has 11 heavy (non-hydrogen) atoms. The number of Topliss-reactive ketones (excluding diaryl/α,β-unsaturated/α-hetero) is 1. The van der Waals surface area contributed by atoms with Crippen LogP contribution in [0.5, 0.6) is 0 Å². The zero-order chi connectivity index (χ0) is 8.85. The van der Waals surface area contributed by atoms with Gasteiger partial charge in [-0.1, -0.05) is 27.2 Å². The summed E-state index contributed by atoms with van der Waals surface area (Å²) in [6, 6.07) is 0.0786. The van der Waals surface area contributed by atoms with E-state index in [-0.39, 0.29) is 17.7 Å². The minimum atomic E-state index is 0.0786. The van der Waals surface area contributed by atoms with Crippen molar-refractivity contribution >= 4 is 5.78 Å². The third-order valence-electron chi connectivity index (χ3n) is 1.77. The molecule has 0 saturated carbocycles. The van der Waals surface area contributed by atoms with Crippen LogP contribution in [0.25, 0.3) is 0 Å². The summed E-state index contributed by atoms with van der Waals surface area (Å²) < 4.78 is 0. The average Bonchev–Trinajstić information content (AvgIpc) is 1.87. The van der Waals surface area contributed by atoms with E-state index in [4.69, 9.17) is 5.73 Å². The molecule has 0 bridgehead atoms. The van der Waals surface area contributed by atoms with Crippen LogP contribution in [0.3, 0.4) is 0 Å². The van der Waals surface area contributed by atoms with E-state index in [0.717, 1.165) is 12.8 Å². The smallest absolute Gasteiger partial charge is 0.136 e. The molecular formula is C9H19NO. The third-order valence-corrected chi connectivity index (χ3v) is 1.77. The van der Waals surface area contributed by atoms with Crippen molar-refractivity contribution in [2.75, 3.05) is 0 Å². The lowest BCUT2D eigenvalue weighted by atomic mass is 10.00. The summed E-state index contributed by atoms with van der Waals surface area (Å²) in [6.07, 6.45) is 2.57. The van der Waals surface area contributed by atoms with E-state index in [2.05, 4.69) is 6.92 Å². The largest absolute Gasteiger partial charge is 0.327 e. The summed E-state index contributed by atoms with van der Waals surface area (Å²) in [5, 5.41) is 0.